The molecule has 284 valence electrons. The molecule has 2 saturated heterocycles. The lowest BCUT2D eigenvalue weighted by atomic mass is 10.0. The van der Waals surface area contributed by atoms with Gasteiger partial charge >= 0.3 is 18.2 Å². The molecule has 12 nitrogen and oxygen atoms in total. The average Bonchev–Trinajstić information content (AvgIpc) is 3.58. The summed E-state index contributed by atoms with van der Waals surface area (Å²) in [7, 11) is -1.34. The molecule has 2 aromatic carbocycles. The van der Waals surface area contributed by atoms with Crippen LogP contribution in [0.1, 0.15) is 51.3 Å². The van der Waals surface area contributed by atoms with Crippen LogP contribution < -0.4 is 14.5 Å². The predicted octanol–water partition coefficient (Wildman–Crippen LogP) is 7.50. The topological polar surface area (TPSA) is 124 Å². The average molecular weight is 762 g/mol. The van der Waals surface area contributed by atoms with Crippen LogP contribution in [0.25, 0.3) is 10.8 Å². The van der Waals surface area contributed by atoms with Gasteiger partial charge in [-0.05, 0) is 63.6 Å². The highest BCUT2D eigenvalue weighted by Crippen LogP contribution is 2.37. The fourth-order valence-electron chi connectivity index (χ4n) is 7.30. The first-order chi connectivity index (χ1) is 25.2. The number of nitrogens with zero attached hydrogens (tertiary/aromatic N) is 7. The first kappa shape index (κ1) is 38.4. The van der Waals surface area contributed by atoms with Crippen LogP contribution in [0.15, 0.2) is 36.4 Å². The summed E-state index contributed by atoms with van der Waals surface area (Å²) in [5.74, 6) is 0.751. The van der Waals surface area contributed by atoms with E-state index < -0.39 is 19.8 Å². The van der Waals surface area contributed by atoms with Crippen LogP contribution in [0.5, 0.6) is 6.01 Å². The lowest BCUT2D eigenvalue weighted by molar-refractivity contribution is 0.0144. The Hall–Kier alpha value is -4.28. The van der Waals surface area contributed by atoms with Crippen LogP contribution in [0.3, 0.4) is 0 Å². The summed E-state index contributed by atoms with van der Waals surface area (Å²) in [6.07, 6.45) is 1.80. The van der Waals surface area contributed by atoms with Gasteiger partial charge in [-0.2, -0.15) is 15.2 Å². The van der Waals surface area contributed by atoms with Crippen molar-refractivity contribution in [1.29, 1.82) is 5.26 Å². The van der Waals surface area contributed by atoms with Gasteiger partial charge in [0.25, 0.3) is 0 Å². The molecule has 2 atom stereocenters. The minimum atomic E-state index is -1.34. The Balaban J connectivity index is 1.27. The molecule has 0 unspecified atom stereocenters. The molecule has 4 heterocycles. The van der Waals surface area contributed by atoms with Crippen LogP contribution >= 0.6 is 11.6 Å². The van der Waals surface area contributed by atoms with E-state index in [1.165, 1.54) is 0 Å². The Labute approximate surface area is 318 Å². The number of nitriles is 1. The maximum Gasteiger partial charge on any atom is 0.410 e. The standard InChI is InChI=1S/C39H52ClN7O5Si/c1-39(2,3)52-38(49)47-21-20-45(24-28(47)15-17-41)35-30-16-19-44(33-14-8-11-27-10-7-13-31(40)34(27)33)25-32(30)42-36(43-35)51-26-29-12-9-18-46(29)37(48)50-22-23-53(4,5)6/h7-8,10-11,13-14,28-29H,9,12,15-16,18-26H2,1-6H3/t28-,29-/m0/s1. The number of amides is 2. The van der Waals surface area contributed by atoms with Crippen molar-refractivity contribution in [2.45, 2.75) is 96.4 Å². The van der Waals surface area contributed by atoms with E-state index in [4.69, 9.17) is 35.8 Å². The van der Waals surface area contributed by atoms with Crippen LogP contribution in [0.4, 0.5) is 21.1 Å². The van der Waals surface area contributed by atoms with Crippen LogP contribution in [-0.2, 0) is 22.4 Å². The summed E-state index contributed by atoms with van der Waals surface area (Å²) >= 11 is 6.75. The van der Waals surface area contributed by atoms with Crippen molar-refractivity contribution in [3.05, 3.63) is 52.7 Å². The van der Waals surface area contributed by atoms with Crippen LogP contribution in [-0.4, -0.2) is 104 Å². The van der Waals surface area contributed by atoms with E-state index in [0.29, 0.717) is 50.8 Å². The molecule has 2 fully saturated rings. The van der Waals surface area contributed by atoms with Crippen molar-refractivity contribution in [1.82, 2.24) is 19.8 Å². The second-order valence-electron chi connectivity index (χ2n) is 16.4. The molecule has 0 radical (unpaired) electrons. The Morgan fingerprint density at radius 1 is 0.981 bits per heavy atom. The van der Waals surface area contributed by atoms with E-state index in [1.54, 1.807) is 9.80 Å². The summed E-state index contributed by atoms with van der Waals surface area (Å²) in [4.78, 5) is 44.2. The molecule has 0 N–H and O–H groups in total. The molecule has 1 aromatic heterocycles. The number of benzene rings is 2. The maximum atomic E-state index is 13.2. The van der Waals surface area contributed by atoms with E-state index in [2.05, 4.69) is 53.7 Å². The molecule has 0 spiro atoms. The van der Waals surface area contributed by atoms with Gasteiger partial charge in [-0.3, -0.25) is 0 Å². The third-order valence-corrected chi connectivity index (χ3v) is 12.0. The predicted molar refractivity (Wildman–Crippen MR) is 210 cm³/mol. The Morgan fingerprint density at radius 2 is 1.74 bits per heavy atom. The fourth-order valence-corrected chi connectivity index (χ4v) is 8.29. The molecule has 0 bridgehead atoms. The van der Waals surface area contributed by atoms with Gasteiger partial charge < -0.3 is 33.8 Å². The third kappa shape index (κ3) is 9.27. The third-order valence-electron chi connectivity index (χ3n) is 10.0. The zero-order chi connectivity index (χ0) is 37.9. The summed E-state index contributed by atoms with van der Waals surface area (Å²) < 4.78 is 17.8. The summed E-state index contributed by atoms with van der Waals surface area (Å²) in [6.45, 7) is 16.2. The number of anilines is 2. The quantitative estimate of drug-likeness (QED) is 0.203. The van der Waals surface area contributed by atoms with Crippen molar-refractivity contribution in [2.24, 2.45) is 0 Å². The molecule has 53 heavy (non-hydrogen) atoms. The van der Waals surface area contributed by atoms with Crippen LogP contribution in [0.2, 0.25) is 30.7 Å². The van der Waals surface area contributed by atoms with Gasteiger partial charge in [-0.15, -0.1) is 0 Å². The zero-order valence-corrected chi connectivity index (χ0v) is 33.6. The van der Waals surface area contributed by atoms with Gasteiger partial charge in [0.2, 0.25) is 0 Å². The number of hydrogen-bond acceptors (Lipinski definition) is 10. The number of ether oxygens (including phenoxy) is 3. The highest BCUT2D eigenvalue weighted by molar-refractivity contribution is 6.76. The molecule has 0 aliphatic carbocycles. The molecule has 0 saturated carbocycles. The zero-order valence-electron chi connectivity index (χ0n) is 31.9. The monoisotopic (exact) mass is 761 g/mol. The van der Waals surface area contributed by atoms with Crippen molar-refractivity contribution in [3.63, 3.8) is 0 Å². The van der Waals surface area contributed by atoms with Gasteiger partial charge in [-0.25, -0.2) is 9.59 Å². The van der Waals surface area contributed by atoms with Crippen LogP contribution in [0, 0.1) is 11.3 Å². The molecular formula is C39H52ClN7O5Si. The van der Waals surface area contributed by atoms with Crippen molar-refractivity contribution >= 4 is 54.1 Å². The molecule has 3 aromatic rings. The highest BCUT2D eigenvalue weighted by Gasteiger charge is 2.37. The van der Waals surface area contributed by atoms with Gasteiger partial charge in [0.05, 0.1) is 48.4 Å². The number of fused-ring (bicyclic) bond motifs is 2. The van der Waals surface area contributed by atoms with Crippen molar-refractivity contribution < 1.29 is 23.8 Å². The van der Waals surface area contributed by atoms with E-state index in [1.807, 2.05) is 39.0 Å². The fraction of sp³-hybridized carbons (Fsp3) is 0.564. The van der Waals surface area contributed by atoms with Gasteiger partial charge in [0.1, 0.15) is 18.0 Å². The number of piperazine rings is 1. The van der Waals surface area contributed by atoms with E-state index in [9.17, 15) is 14.9 Å². The number of likely N-dealkylation sites (tertiary alicyclic amines) is 1. The lowest BCUT2D eigenvalue weighted by Crippen LogP contribution is -2.56. The summed E-state index contributed by atoms with van der Waals surface area (Å²) in [5, 5.41) is 12.5. The first-order valence-corrected chi connectivity index (χ1v) is 22.8. The maximum absolute atomic E-state index is 13.2. The molecule has 3 aliphatic heterocycles. The molecule has 3 aliphatic rings. The smallest absolute Gasteiger partial charge is 0.410 e. The lowest BCUT2D eigenvalue weighted by Gasteiger charge is -2.42. The number of carbonyl (C=O) groups excluding carboxylic acids is 2. The highest BCUT2D eigenvalue weighted by atomic mass is 35.5. The number of carbonyl (C=O) groups is 2. The van der Waals surface area contributed by atoms with Gasteiger partial charge in [0, 0.05) is 57.4 Å². The van der Waals surface area contributed by atoms with E-state index in [-0.39, 0.29) is 37.2 Å². The summed E-state index contributed by atoms with van der Waals surface area (Å²) in [6, 6.07) is 15.1. The normalized spacial score (nSPS) is 19.2. The SMILES string of the molecule is CC(C)(C)OC(=O)N1CCN(c2nc(OC[C@@H]3CCCN3C(=O)OCC[Si](C)(C)C)nc3c2CCN(c2cccc4cccc(Cl)c24)C3)C[C@@H]1CC#N. The minimum Gasteiger partial charge on any atom is -0.461 e. The van der Waals surface area contributed by atoms with Crippen molar-refractivity contribution in [2.75, 3.05) is 55.7 Å². The molecule has 2 amide bonds. The Bertz CT molecular complexity index is 1850. The first-order valence-electron chi connectivity index (χ1n) is 18.7. The van der Waals surface area contributed by atoms with Gasteiger partial charge in [0.15, 0.2) is 0 Å². The number of aromatic nitrogens is 2. The van der Waals surface area contributed by atoms with E-state index in [0.717, 1.165) is 59.0 Å². The molecule has 6 rings (SSSR count). The number of halogens is 1. The molecule has 14 heteroatoms. The number of rotatable bonds is 9. The second-order valence-corrected chi connectivity index (χ2v) is 22.4. The molecular weight excluding hydrogens is 710 g/mol. The van der Waals surface area contributed by atoms with Gasteiger partial charge in [-0.1, -0.05) is 55.5 Å². The number of hydrogen-bond donors (Lipinski definition) is 0. The second kappa shape index (κ2) is 16.0. The minimum absolute atomic E-state index is 0.149. The Morgan fingerprint density at radius 3 is 2.47 bits per heavy atom. The summed E-state index contributed by atoms with van der Waals surface area (Å²) in [5.41, 5.74) is 2.26. The van der Waals surface area contributed by atoms with Crippen molar-refractivity contribution in [3.8, 4) is 12.1 Å². The Kier molecular flexibility index (Phi) is 11.6. The van der Waals surface area contributed by atoms with E-state index >= 15 is 0 Å². The largest absolute Gasteiger partial charge is 0.461 e.